The third-order valence-corrected chi connectivity index (χ3v) is 3.78. The summed E-state index contributed by atoms with van der Waals surface area (Å²) < 4.78 is 2.90. The fourth-order valence-corrected chi connectivity index (χ4v) is 2.70. The fourth-order valence-electron chi connectivity index (χ4n) is 1.93. The minimum absolute atomic E-state index is 0.146. The third kappa shape index (κ3) is 2.86. The molecule has 0 unspecified atom stereocenters. The van der Waals surface area contributed by atoms with Gasteiger partial charge >= 0.3 is 0 Å². The van der Waals surface area contributed by atoms with Crippen LogP contribution in [0.25, 0.3) is 10.1 Å². The second kappa shape index (κ2) is 5.82. The Hall–Kier alpha value is -1.35. The normalized spacial score (nSPS) is 10.8. The van der Waals surface area contributed by atoms with Gasteiger partial charge in [0.05, 0.1) is 5.39 Å². The Labute approximate surface area is 105 Å². The van der Waals surface area contributed by atoms with Crippen molar-refractivity contribution in [3.8, 4) is 0 Å². The average Bonchev–Trinajstić information content (AvgIpc) is 2.80. The van der Waals surface area contributed by atoms with Gasteiger partial charge in [-0.25, -0.2) is 0 Å². The smallest absolute Gasteiger partial charge is 0.259 e. The van der Waals surface area contributed by atoms with Crippen molar-refractivity contribution in [2.45, 2.75) is 32.2 Å². The molecule has 0 radical (unpaired) electrons. The molecule has 0 fully saturated rings. The van der Waals surface area contributed by atoms with E-state index in [4.69, 9.17) is 0 Å². The monoisotopic (exact) mass is 247 g/mol. The summed E-state index contributed by atoms with van der Waals surface area (Å²) in [5.74, 6) is 0. The van der Waals surface area contributed by atoms with Crippen molar-refractivity contribution in [1.29, 1.82) is 0 Å². The standard InChI is InChI=1S/C14H17NOS/c1-2-3-4-5-6-9-15-10-7-13-12(14(15)16)8-11-17-13/h2,7-8,10-11H,1,3-6,9H2. The molecule has 0 N–H and O–H groups in total. The number of nitrogens with zero attached hydrogens (tertiary/aromatic N) is 1. The molecule has 0 aliphatic carbocycles. The highest BCUT2D eigenvalue weighted by molar-refractivity contribution is 7.17. The van der Waals surface area contributed by atoms with E-state index < -0.39 is 0 Å². The molecule has 0 spiro atoms. The van der Waals surface area contributed by atoms with Gasteiger partial charge in [0.2, 0.25) is 0 Å². The molecule has 17 heavy (non-hydrogen) atoms. The number of fused-ring (bicyclic) bond motifs is 1. The van der Waals surface area contributed by atoms with Gasteiger partial charge in [-0.3, -0.25) is 4.79 Å². The summed E-state index contributed by atoms with van der Waals surface area (Å²) in [6, 6.07) is 3.95. The van der Waals surface area contributed by atoms with Crippen molar-refractivity contribution in [2.75, 3.05) is 0 Å². The lowest BCUT2D eigenvalue weighted by Gasteiger charge is -2.05. The van der Waals surface area contributed by atoms with Crippen LogP contribution >= 0.6 is 11.3 Å². The van der Waals surface area contributed by atoms with Gasteiger partial charge in [0.25, 0.3) is 5.56 Å². The van der Waals surface area contributed by atoms with Crippen molar-refractivity contribution in [3.63, 3.8) is 0 Å². The maximum Gasteiger partial charge on any atom is 0.259 e. The largest absolute Gasteiger partial charge is 0.315 e. The SMILES string of the molecule is C=CCCCCCn1ccc2sccc2c1=O. The molecule has 0 saturated carbocycles. The minimum Gasteiger partial charge on any atom is -0.315 e. The number of hydrogen-bond donors (Lipinski definition) is 0. The number of aromatic nitrogens is 1. The molecule has 0 amide bonds. The zero-order chi connectivity index (χ0) is 12.1. The predicted molar refractivity (Wildman–Crippen MR) is 74.8 cm³/mol. The van der Waals surface area contributed by atoms with Gasteiger partial charge in [-0.05, 0) is 36.8 Å². The van der Waals surface area contributed by atoms with Crippen molar-refractivity contribution in [2.24, 2.45) is 0 Å². The number of pyridine rings is 1. The van der Waals surface area contributed by atoms with Crippen molar-refractivity contribution >= 4 is 21.4 Å². The molecule has 2 aromatic rings. The number of hydrogen-bond acceptors (Lipinski definition) is 2. The summed E-state index contributed by atoms with van der Waals surface area (Å²) >= 11 is 1.62. The van der Waals surface area contributed by atoms with Gasteiger partial charge in [-0.2, -0.15) is 0 Å². The Kier molecular flexibility index (Phi) is 4.15. The summed E-state index contributed by atoms with van der Waals surface area (Å²) in [4.78, 5) is 12.1. The van der Waals surface area contributed by atoms with E-state index in [1.54, 1.807) is 11.3 Å². The van der Waals surface area contributed by atoms with Crippen LogP contribution in [0, 0.1) is 0 Å². The zero-order valence-corrected chi connectivity index (χ0v) is 10.7. The lowest BCUT2D eigenvalue weighted by Crippen LogP contribution is -2.18. The van der Waals surface area contributed by atoms with Gasteiger partial charge in [0.15, 0.2) is 0 Å². The van der Waals surface area contributed by atoms with Crippen LogP contribution in [-0.4, -0.2) is 4.57 Å². The predicted octanol–water partition coefficient (Wildman–Crippen LogP) is 3.81. The number of aryl methyl sites for hydroxylation is 1. The average molecular weight is 247 g/mol. The van der Waals surface area contributed by atoms with Crippen LogP contribution in [0.3, 0.4) is 0 Å². The summed E-state index contributed by atoms with van der Waals surface area (Å²) in [6.45, 7) is 4.53. The van der Waals surface area contributed by atoms with Crippen LogP contribution < -0.4 is 5.56 Å². The quantitative estimate of drug-likeness (QED) is 0.562. The Morgan fingerprint density at radius 3 is 3.00 bits per heavy atom. The van der Waals surface area contributed by atoms with Crippen LogP contribution in [0.15, 0.2) is 41.2 Å². The molecule has 3 heteroatoms. The van der Waals surface area contributed by atoms with Gasteiger partial charge < -0.3 is 4.57 Å². The van der Waals surface area contributed by atoms with Crippen LogP contribution in [-0.2, 0) is 6.54 Å². The Bertz CT molecular complexity index is 553. The first kappa shape index (κ1) is 12.1. The van der Waals surface area contributed by atoms with Crippen molar-refractivity contribution in [3.05, 3.63) is 46.7 Å². The summed E-state index contributed by atoms with van der Waals surface area (Å²) in [6.07, 6.45) is 8.30. The number of rotatable bonds is 6. The highest BCUT2D eigenvalue weighted by Crippen LogP contribution is 2.16. The van der Waals surface area contributed by atoms with E-state index in [9.17, 15) is 4.79 Å². The first-order valence-electron chi connectivity index (χ1n) is 6.00. The van der Waals surface area contributed by atoms with Crippen molar-refractivity contribution in [1.82, 2.24) is 4.57 Å². The van der Waals surface area contributed by atoms with E-state index >= 15 is 0 Å². The molecule has 0 atom stereocenters. The molecular weight excluding hydrogens is 230 g/mol. The molecule has 2 nitrogen and oxygen atoms in total. The highest BCUT2D eigenvalue weighted by atomic mass is 32.1. The molecule has 0 aliphatic rings. The van der Waals surface area contributed by atoms with E-state index in [1.807, 2.05) is 34.4 Å². The Morgan fingerprint density at radius 1 is 1.29 bits per heavy atom. The Morgan fingerprint density at radius 2 is 2.18 bits per heavy atom. The molecular formula is C14H17NOS. The minimum atomic E-state index is 0.146. The summed E-state index contributed by atoms with van der Waals surface area (Å²) in [7, 11) is 0. The van der Waals surface area contributed by atoms with Gasteiger partial charge in [-0.15, -0.1) is 17.9 Å². The number of thiophene rings is 1. The van der Waals surface area contributed by atoms with Crippen molar-refractivity contribution < 1.29 is 0 Å². The Balaban J connectivity index is 2.01. The van der Waals surface area contributed by atoms with Crippen LogP contribution in [0.1, 0.15) is 25.7 Å². The molecule has 0 aliphatic heterocycles. The topological polar surface area (TPSA) is 22.0 Å². The van der Waals surface area contributed by atoms with Gasteiger partial charge in [-0.1, -0.05) is 12.5 Å². The molecule has 0 saturated heterocycles. The molecule has 0 bridgehead atoms. The summed E-state index contributed by atoms with van der Waals surface area (Å²) in [5.41, 5.74) is 0.146. The molecule has 2 rings (SSSR count). The molecule has 2 heterocycles. The van der Waals surface area contributed by atoms with E-state index in [1.165, 1.54) is 6.42 Å². The van der Waals surface area contributed by atoms with E-state index in [0.29, 0.717) is 0 Å². The zero-order valence-electron chi connectivity index (χ0n) is 9.89. The lowest BCUT2D eigenvalue weighted by atomic mass is 10.2. The lowest BCUT2D eigenvalue weighted by molar-refractivity contribution is 0.580. The van der Waals surface area contributed by atoms with E-state index in [0.717, 1.165) is 35.9 Å². The number of allylic oxidation sites excluding steroid dienone is 1. The summed E-state index contributed by atoms with van der Waals surface area (Å²) in [5, 5.41) is 2.82. The first-order chi connectivity index (χ1) is 8.33. The molecule has 2 aromatic heterocycles. The van der Waals surface area contributed by atoms with Crippen LogP contribution in [0.2, 0.25) is 0 Å². The second-order valence-corrected chi connectivity index (χ2v) is 5.10. The maximum absolute atomic E-state index is 12.1. The van der Waals surface area contributed by atoms with E-state index in [2.05, 4.69) is 6.58 Å². The van der Waals surface area contributed by atoms with Gasteiger partial charge in [0, 0.05) is 17.4 Å². The molecule has 0 aromatic carbocycles. The van der Waals surface area contributed by atoms with Crippen LogP contribution in [0.4, 0.5) is 0 Å². The van der Waals surface area contributed by atoms with Gasteiger partial charge in [0.1, 0.15) is 0 Å². The fraction of sp³-hybridized carbons (Fsp3) is 0.357. The second-order valence-electron chi connectivity index (χ2n) is 4.15. The van der Waals surface area contributed by atoms with E-state index in [-0.39, 0.29) is 5.56 Å². The molecule has 90 valence electrons. The number of unbranched alkanes of at least 4 members (excludes halogenated alkanes) is 3. The first-order valence-corrected chi connectivity index (χ1v) is 6.88. The van der Waals surface area contributed by atoms with Crippen LogP contribution in [0.5, 0.6) is 0 Å². The highest BCUT2D eigenvalue weighted by Gasteiger charge is 2.02. The maximum atomic E-state index is 12.1. The third-order valence-electron chi connectivity index (χ3n) is 2.90.